The van der Waals surface area contributed by atoms with Crippen LogP contribution < -0.4 is 10.6 Å². The van der Waals surface area contributed by atoms with Gasteiger partial charge in [0.05, 0.1) is 12.6 Å². The van der Waals surface area contributed by atoms with Gasteiger partial charge in [-0.15, -0.1) is 0 Å². The molecule has 9 nitrogen and oxygen atoms in total. The summed E-state index contributed by atoms with van der Waals surface area (Å²) < 4.78 is 18.2. The Kier molecular flexibility index (Phi) is 10.4. The van der Waals surface area contributed by atoms with Crippen LogP contribution in [0.5, 0.6) is 5.75 Å². The first-order valence-electron chi connectivity index (χ1n) is 14.3. The zero-order valence-electron chi connectivity index (χ0n) is 24.7. The summed E-state index contributed by atoms with van der Waals surface area (Å²) in [4.78, 5) is 26.7. The molecule has 220 valence electrons. The number of nitrogens with one attached hydrogen (secondary N) is 2. The Morgan fingerprint density at radius 2 is 1.69 bits per heavy atom. The lowest BCUT2D eigenvalue weighted by atomic mass is 9.89. The van der Waals surface area contributed by atoms with Crippen molar-refractivity contribution in [3.63, 3.8) is 0 Å². The Bertz CT molecular complexity index is 994. The number of hydrogen-bond acceptors (Lipinski definition) is 8. The molecule has 0 bridgehead atoms. The van der Waals surface area contributed by atoms with Crippen LogP contribution in [-0.2, 0) is 25.4 Å². The van der Waals surface area contributed by atoms with Gasteiger partial charge in [0.2, 0.25) is 0 Å². The zero-order valence-corrected chi connectivity index (χ0v) is 24.7. The Morgan fingerprint density at radius 3 is 2.28 bits per heavy atom. The van der Waals surface area contributed by atoms with E-state index in [2.05, 4.69) is 24.5 Å². The molecule has 9 heteroatoms. The topological polar surface area (TPSA) is 126 Å². The van der Waals surface area contributed by atoms with E-state index in [1.165, 1.54) is 6.07 Å². The number of ether oxygens (including phenoxy) is 3. The van der Waals surface area contributed by atoms with E-state index in [4.69, 9.17) is 14.2 Å². The molecule has 6 atom stereocenters. The minimum absolute atomic E-state index is 0.0271. The van der Waals surface area contributed by atoms with Crippen molar-refractivity contribution < 1.29 is 34.0 Å². The molecule has 39 heavy (non-hydrogen) atoms. The highest BCUT2D eigenvalue weighted by Gasteiger charge is 2.50. The van der Waals surface area contributed by atoms with Crippen molar-refractivity contribution in [2.75, 3.05) is 6.61 Å². The van der Waals surface area contributed by atoms with Gasteiger partial charge in [-0.25, -0.2) is 4.79 Å². The summed E-state index contributed by atoms with van der Waals surface area (Å²) in [5.74, 6) is -1.27. The predicted molar refractivity (Wildman–Crippen MR) is 148 cm³/mol. The van der Waals surface area contributed by atoms with Crippen LogP contribution >= 0.6 is 0 Å². The maximum Gasteiger partial charge on any atom is 0.342 e. The fourth-order valence-corrected chi connectivity index (χ4v) is 5.57. The van der Waals surface area contributed by atoms with E-state index in [1.807, 2.05) is 27.7 Å². The molecular formula is C30H48N2O7. The van der Waals surface area contributed by atoms with Gasteiger partial charge in [0.1, 0.15) is 23.5 Å². The van der Waals surface area contributed by atoms with Crippen LogP contribution in [0, 0.1) is 17.8 Å². The lowest BCUT2D eigenvalue weighted by Crippen LogP contribution is -2.57. The number of rotatable bonds is 12. The third-order valence-electron chi connectivity index (χ3n) is 7.45. The summed E-state index contributed by atoms with van der Waals surface area (Å²) in [7, 11) is 0. The number of fused-ring (bicyclic) bond motifs is 1. The molecule has 0 unspecified atom stereocenters. The first kappa shape index (κ1) is 31.3. The molecule has 1 aromatic rings. The largest absolute Gasteiger partial charge is 0.507 e. The van der Waals surface area contributed by atoms with E-state index < -0.39 is 36.1 Å². The molecule has 1 aromatic carbocycles. The smallest absolute Gasteiger partial charge is 0.342 e. The Hall–Kier alpha value is -2.20. The summed E-state index contributed by atoms with van der Waals surface area (Å²) >= 11 is 0. The number of esters is 1. The molecule has 1 amide bonds. The number of cyclic esters (lactones) is 1. The van der Waals surface area contributed by atoms with Gasteiger partial charge in [0, 0.05) is 18.5 Å². The summed E-state index contributed by atoms with van der Waals surface area (Å²) in [6.07, 6.45) is -0.361. The van der Waals surface area contributed by atoms with Crippen molar-refractivity contribution >= 4 is 11.9 Å². The van der Waals surface area contributed by atoms with E-state index in [1.54, 1.807) is 26.0 Å². The van der Waals surface area contributed by atoms with Crippen molar-refractivity contribution in [3.8, 4) is 5.75 Å². The highest BCUT2D eigenvalue weighted by molar-refractivity contribution is 5.95. The minimum atomic E-state index is -0.975. The van der Waals surface area contributed by atoms with Crippen LogP contribution in [0.3, 0.4) is 0 Å². The molecule has 2 aliphatic rings. The van der Waals surface area contributed by atoms with E-state index in [-0.39, 0.29) is 47.7 Å². The molecule has 1 saturated heterocycles. The highest BCUT2D eigenvalue weighted by Crippen LogP contribution is 2.34. The number of aliphatic hydroxyl groups excluding tert-OH is 1. The fraction of sp³-hybridized carbons (Fsp3) is 0.733. The quantitative estimate of drug-likeness (QED) is 0.292. The molecule has 0 aliphatic carbocycles. The second-order valence-corrected chi connectivity index (χ2v) is 12.7. The van der Waals surface area contributed by atoms with Gasteiger partial charge in [0.15, 0.2) is 11.9 Å². The van der Waals surface area contributed by atoms with Gasteiger partial charge in [-0.05, 0) is 56.1 Å². The molecule has 2 heterocycles. The summed E-state index contributed by atoms with van der Waals surface area (Å²) in [5.41, 5.74) is 0.882. The fourth-order valence-electron chi connectivity index (χ4n) is 5.57. The Balaban J connectivity index is 1.85. The van der Waals surface area contributed by atoms with Crippen LogP contribution in [0.25, 0.3) is 0 Å². The van der Waals surface area contributed by atoms with E-state index in [9.17, 15) is 19.8 Å². The van der Waals surface area contributed by atoms with Gasteiger partial charge < -0.3 is 35.1 Å². The van der Waals surface area contributed by atoms with Crippen molar-refractivity contribution in [2.24, 2.45) is 17.8 Å². The number of amides is 1. The van der Waals surface area contributed by atoms with Crippen LogP contribution in [0.2, 0.25) is 0 Å². The lowest BCUT2D eigenvalue weighted by Gasteiger charge is -2.35. The molecular weight excluding hydrogens is 500 g/mol. The number of phenolic OH excluding ortho intramolecular Hbond substituents is 1. The number of aliphatic hydroxyl groups is 1. The molecule has 0 spiro atoms. The first-order valence-corrected chi connectivity index (χ1v) is 14.3. The summed E-state index contributed by atoms with van der Waals surface area (Å²) in [6.45, 7) is 16.0. The number of phenols is 1. The van der Waals surface area contributed by atoms with E-state index >= 15 is 0 Å². The van der Waals surface area contributed by atoms with Crippen LogP contribution in [0.15, 0.2) is 18.2 Å². The zero-order chi connectivity index (χ0) is 29.1. The Morgan fingerprint density at radius 1 is 1.05 bits per heavy atom. The summed E-state index contributed by atoms with van der Waals surface area (Å²) in [6, 6.07) is 4.13. The van der Waals surface area contributed by atoms with Crippen LogP contribution in [0.1, 0.15) is 84.2 Å². The minimum Gasteiger partial charge on any atom is -0.507 e. The number of carbonyl (C=O) groups excluding carboxylic acids is 2. The van der Waals surface area contributed by atoms with Crippen LogP contribution in [-0.4, -0.2) is 70.9 Å². The molecule has 0 radical (unpaired) electrons. The third kappa shape index (κ3) is 7.93. The predicted octanol–water partition coefficient (Wildman–Crippen LogP) is 3.55. The average Bonchev–Trinajstić information content (AvgIpc) is 3.15. The van der Waals surface area contributed by atoms with Gasteiger partial charge in [-0.1, -0.05) is 53.7 Å². The maximum atomic E-state index is 13.9. The number of benzene rings is 1. The normalized spacial score (nSPS) is 24.9. The summed E-state index contributed by atoms with van der Waals surface area (Å²) in [5, 5.41) is 26.8. The highest BCUT2D eigenvalue weighted by atomic mass is 16.8. The van der Waals surface area contributed by atoms with Gasteiger partial charge in [0.25, 0.3) is 5.91 Å². The van der Waals surface area contributed by atoms with Crippen molar-refractivity contribution in [1.82, 2.24) is 10.6 Å². The first-order chi connectivity index (χ1) is 18.2. The molecule has 3 rings (SSSR count). The Labute approximate surface area is 233 Å². The lowest BCUT2D eigenvalue weighted by molar-refractivity contribution is -0.157. The molecule has 4 N–H and O–H groups in total. The van der Waals surface area contributed by atoms with Crippen molar-refractivity contribution in [2.45, 2.75) is 117 Å². The SMILES string of the molecule is CC(C)C[C@H](N[C@@H](CO)C(C)C)[C@@H]1OC(C)(C)O[C@@H]1C(=O)N[C@@H](CC(C)C)[C@@H]1Cc2cccc(O)c2C(=O)O1. The number of aromatic hydroxyl groups is 1. The van der Waals surface area contributed by atoms with Crippen LogP contribution in [0.4, 0.5) is 0 Å². The van der Waals surface area contributed by atoms with Gasteiger partial charge in [-0.2, -0.15) is 0 Å². The molecule has 2 aliphatic heterocycles. The second-order valence-electron chi connectivity index (χ2n) is 12.7. The number of carbonyl (C=O) groups is 2. The van der Waals surface area contributed by atoms with Gasteiger partial charge >= 0.3 is 5.97 Å². The number of hydrogen-bond donors (Lipinski definition) is 4. The van der Waals surface area contributed by atoms with Gasteiger partial charge in [-0.3, -0.25) is 4.79 Å². The monoisotopic (exact) mass is 548 g/mol. The van der Waals surface area contributed by atoms with Crippen molar-refractivity contribution in [3.05, 3.63) is 29.3 Å². The molecule has 0 saturated carbocycles. The second kappa shape index (κ2) is 13.0. The van der Waals surface area contributed by atoms with E-state index in [0.717, 1.165) is 6.42 Å². The molecule has 0 aromatic heterocycles. The standard InChI is InChI=1S/C30H48N2O7/c1-16(2)12-20(24-14-19-10-9-11-23(34)25(19)29(36)37-24)32-28(35)27-26(38-30(7,8)39-27)21(13-17(3)4)31-22(15-33)18(5)6/h9-11,16-18,20-22,24,26-27,31,33-34H,12-15H2,1-8H3,(H,32,35)/t20-,21-,22-,24-,26-,27-/m0/s1. The third-order valence-corrected chi connectivity index (χ3v) is 7.45. The molecule has 1 fully saturated rings. The average molecular weight is 549 g/mol. The van der Waals surface area contributed by atoms with E-state index in [0.29, 0.717) is 24.3 Å². The van der Waals surface area contributed by atoms with Crippen molar-refractivity contribution in [1.29, 1.82) is 0 Å². The maximum absolute atomic E-state index is 13.9.